The van der Waals surface area contributed by atoms with E-state index in [1.54, 1.807) is 0 Å². The zero-order valence-electron chi connectivity index (χ0n) is 9.84. The molecule has 0 aliphatic carbocycles. The molecule has 3 heteroatoms. The Morgan fingerprint density at radius 2 is 1.60 bits per heavy atom. The van der Waals surface area contributed by atoms with Crippen LogP contribution in [0.2, 0.25) is 0 Å². The molecule has 1 rings (SSSR count). The fourth-order valence-corrected chi connectivity index (χ4v) is 2.43. The molecule has 0 N–H and O–H groups in total. The van der Waals surface area contributed by atoms with E-state index >= 15 is 0 Å². The zero-order valence-corrected chi connectivity index (χ0v) is 10.7. The van der Waals surface area contributed by atoms with Gasteiger partial charge in [-0.1, -0.05) is 10.6 Å². The summed E-state index contributed by atoms with van der Waals surface area (Å²) in [6.45, 7) is 9.29. The summed E-state index contributed by atoms with van der Waals surface area (Å²) in [6.07, 6.45) is 0. The minimum absolute atomic E-state index is 0.233. The highest BCUT2D eigenvalue weighted by atomic mass is 31.1. The van der Waals surface area contributed by atoms with E-state index in [2.05, 4.69) is 0 Å². The monoisotopic (exact) mass is 223 g/mol. The summed E-state index contributed by atoms with van der Waals surface area (Å²) in [6, 6.07) is 1.98. The molecule has 0 radical (unpaired) electrons. The van der Waals surface area contributed by atoms with Gasteiger partial charge in [0.1, 0.15) is 6.66 Å². The van der Waals surface area contributed by atoms with Gasteiger partial charge in [-0.15, -0.1) is 0 Å². The lowest BCUT2D eigenvalue weighted by Gasteiger charge is -2.10. The quantitative estimate of drug-likeness (QED) is 0.719. The highest BCUT2D eigenvalue weighted by Crippen LogP contribution is 2.29. The van der Waals surface area contributed by atoms with Gasteiger partial charge in [-0.2, -0.15) is 0 Å². The fourth-order valence-electron chi connectivity index (χ4n) is 1.77. The van der Waals surface area contributed by atoms with Crippen molar-refractivity contribution in [2.45, 2.75) is 27.7 Å². The van der Waals surface area contributed by atoms with Crippen LogP contribution in [0.25, 0.3) is 0 Å². The molecule has 0 bridgehead atoms. The number of hydrogen-bond donors (Lipinski definition) is 0. The third-order valence-electron chi connectivity index (χ3n) is 2.86. The lowest BCUT2D eigenvalue weighted by Crippen LogP contribution is -2.03. The first-order chi connectivity index (χ1) is 6.86. The van der Waals surface area contributed by atoms with Gasteiger partial charge in [0.05, 0.1) is 5.56 Å². The van der Waals surface area contributed by atoms with Crippen molar-refractivity contribution in [3.8, 4) is 0 Å². The third-order valence-corrected chi connectivity index (χ3v) is 3.65. The third kappa shape index (κ3) is 2.15. The average molecular weight is 223 g/mol. The average Bonchev–Trinajstić information content (AvgIpc) is 2.14. The molecule has 0 saturated heterocycles. The topological polar surface area (TPSA) is 34.1 Å². The summed E-state index contributed by atoms with van der Waals surface area (Å²) >= 11 is 0. The standard InChI is InChI=1S/C12H16O2P/c1-7-6-8(2)11(10(4)9(7)3)12(13)15(5)14/h6H,1-5H3/q+1. The second-order valence-electron chi connectivity index (χ2n) is 3.94. The first-order valence-electron chi connectivity index (χ1n) is 4.88. The van der Waals surface area contributed by atoms with Crippen LogP contribution >= 0.6 is 7.80 Å². The highest BCUT2D eigenvalue weighted by Gasteiger charge is 2.28. The van der Waals surface area contributed by atoms with Crippen LogP contribution in [0.3, 0.4) is 0 Å². The summed E-state index contributed by atoms with van der Waals surface area (Å²) in [5.74, 6) is 0. The maximum Gasteiger partial charge on any atom is 0.416 e. The molecule has 1 unspecified atom stereocenters. The van der Waals surface area contributed by atoms with Gasteiger partial charge in [-0.25, -0.2) is 4.79 Å². The van der Waals surface area contributed by atoms with Crippen molar-refractivity contribution >= 4 is 13.3 Å². The Bertz CT molecular complexity index is 447. The van der Waals surface area contributed by atoms with Crippen LogP contribution in [0, 0.1) is 27.7 Å². The van der Waals surface area contributed by atoms with Crippen LogP contribution in [-0.4, -0.2) is 12.2 Å². The SMILES string of the molecule is Cc1cc(C)c(C(=O)[P+](C)=O)c(C)c1C. The molecular weight excluding hydrogens is 207 g/mol. The summed E-state index contributed by atoms with van der Waals surface area (Å²) in [4.78, 5) is 11.8. The molecule has 0 fully saturated rings. The Kier molecular flexibility index (Phi) is 3.41. The molecule has 0 aliphatic rings. The smallest absolute Gasteiger partial charge is 0.234 e. The first kappa shape index (κ1) is 12.1. The minimum Gasteiger partial charge on any atom is -0.234 e. The highest BCUT2D eigenvalue weighted by molar-refractivity contribution is 7.63. The Morgan fingerprint density at radius 3 is 2.07 bits per heavy atom. The Labute approximate surface area is 91.5 Å². The summed E-state index contributed by atoms with van der Waals surface area (Å²) in [5, 5.41) is 0. The summed E-state index contributed by atoms with van der Waals surface area (Å²) in [7, 11) is -1.78. The fraction of sp³-hybridized carbons (Fsp3) is 0.417. The van der Waals surface area contributed by atoms with Crippen molar-refractivity contribution in [2.24, 2.45) is 0 Å². The van der Waals surface area contributed by atoms with Crippen LogP contribution in [0.15, 0.2) is 6.07 Å². The van der Waals surface area contributed by atoms with E-state index in [1.165, 1.54) is 12.2 Å². The van der Waals surface area contributed by atoms with E-state index in [0.29, 0.717) is 5.56 Å². The molecule has 0 aliphatic heterocycles. The van der Waals surface area contributed by atoms with Gasteiger partial charge in [0.25, 0.3) is 0 Å². The number of rotatable bonds is 2. The number of hydrogen-bond acceptors (Lipinski definition) is 2. The molecule has 0 saturated carbocycles. The molecule has 0 amide bonds. The van der Waals surface area contributed by atoms with E-state index < -0.39 is 7.80 Å². The Morgan fingerprint density at radius 1 is 1.07 bits per heavy atom. The van der Waals surface area contributed by atoms with Crippen LogP contribution in [0.5, 0.6) is 0 Å². The molecule has 1 aromatic rings. The summed E-state index contributed by atoms with van der Waals surface area (Å²) < 4.78 is 11.2. The van der Waals surface area contributed by atoms with Gasteiger partial charge in [0.15, 0.2) is 0 Å². The Hall–Kier alpha value is -1.01. The predicted molar refractivity (Wildman–Crippen MR) is 63.3 cm³/mol. The molecule has 0 aromatic heterocycles. The van der Waals surface area contributed by atoms with Crippen molar-refractivity contribution in [1.82, 2.24) is 0 Å². The van der Waals surface area contributed by atoms with Gasteiger partial charge in [-0.3, -0.25) is 0 Å². The molecule has 80 valence electrons. The largest absolute Gasteiger partial charge is 0.416 e. The molecule has 2 nitrogen and oxygen atoms in total. The van der Waals surface area contributed by atoms with Gasteiger partial charge in [0, 0.05) is 0 Å². The number of carbonyl (C=O) groups excluding carboxylic acids is 1. The predicted octanol–water partition coefficient (Wildman–Crippen LogP) is 3.52. The second-order valence-corrected chi connectivity index (χ2v) is 5.34. The van der Waals surface area contributed by atoms with E-state index in [-0.39, 0.29) is 5.52 Å². The van der Waals surface area contributed by atoms with Crippen molar-refractivity contribution < 1.29 is 9.36 Å². The van der Waals surface area contributed by atoms with Crippen LogP contribution in [-0.2, 0) is 4.57 Å². The lowest BCUT2D eigenvalue weighted by molar-refractivity contribution is 0.107. The van der Waals surface area contributed by atoms with Crippen molar-refractivity contribution in [2.75, 3.05) is 6.66 Å². The number of benzene rings is 1. The molecule has 1 atom stereocenters. The van der Waals surface area contributed by atoms with E-state index in [0.717, 1.165) is 16.7 Å². The van der Waals surface area contributed by atoms with E-state index in [1.807, 2.05) is 33.8 Å². The van der Waals surface area contributed by atoms with Gasteiger partial charge in [0.2, 0.25) is 0 Å². The van der Waals surface area contributed by atoms with Gasteiger partial charge in [-0.05, 0) is 49.9 Å². The maximum atomic E-state index is 11.8. The Balaban J connectivity index is 3.49. The summed E-state index contributed by atoms with van der Waals surface area (Å²) in [5.41, 5.74) is 4.58. The zero-order chi connectivity index (χ0) is 11.7. The van der Waals surface area contributed by atoms with Crippen molar-refractivity contribution in [1.29, 1.82) is 0 Å². The van der Waals surface area contributed by atoms with E-state index in [4.69, 9.17) is 0 Å². The van der Waals surface area contributed by atoms with Crippen LogP contribution in [0.1, 0.15) is 32.6 Å². The normalized spacial score (nSPS) is 11.4. The van der Waals surface area contributed by atoms with Crippen LogP contribution in [0.4, 0.5) is 0 Å². The van der Waals surface area contributed by atoms with Crippen molar-refractivity contribution in [3.05, 3.63) is 33.9 Å². The molecular formula is C12H16O2P+. The van der Waals surface area contributed by atoms with Gasteiger partial charge < -0.3 is 0 Å². The first-order valence-corrected chi connectivity index (χ1v) is 6.59. The van der Waals surface area contributed by atoms with Gasteiger partial charge >= 0.3 is 13.3 Å². The maximum absolute atomic E-state index is 11.8. The number of carbonyl (C=O) groups is 1. The minimum atomic E-state index is -1.78. The molecule has 0 spiro atoms. The molecule has 15 heavy (non-hydrogen) atoms. The second kappa shape index (κ2) is 4.24. The lowest BCUT2D eigenvalue weighted by atomic mass is 9.95. The molecule has 1 aromatic carbocycles. The molecule has 0 heterocycles. The van der Waals surface area contributed by atoms with E-state index in [9.17, 15) is 9.36 Å². The van der Waals surface area contributed by atoms with Crippen LogP contribution < -0.4 is 0 Å². The van der Waals surface area contributed by atoms with Crippen molar-refractivity contribution in [3.63, 3.8) is 0 Å². The number of aryl methyl sites for hydroxylation is 2.